The van der Waals surface area contributed by atoms with Gasteiger partial charge in [-0.2, -0.15) is 0 Å². The number of benzene rings is 4. The number of hydrogen-bond donors (Lipinski definition) is 0. The van der Waals surface area contributed by atoms with Crippen LogP contribution in [0.4, 0.5) is 0 Å². The van der Waals surface area contributed by atoms with E-state index >= 15 is 0 Å². The smallest absolute Gasteiger partial charge is 0.0361 e. The van der Waals surface area contributed by atoms with E-state index in [4.69, 9.17) is 0 Å². The van der Waals surface area contributed by atoms with Crippen LogP contribution in [-0.2, 0) is 0 Å². The average molecular weight is 336 g/mol. The van der Waals surface area contributed by atoms with Gasteiger partial charge in [-0.1, -0.05) is 84.9 Å². The monoisotopic (exact) mass is 336 g/mol. The van der Waals surface area contributed by atoms with Crippen LogP contribution in [0.5, 0.6) is 0 Å². The summed E-state index contributed by atoms with van der Waals surface area (Å²) in [5.41, 5.74) is 5.17. The van der Waals surface area contributed by atoms with Crippen LogP contribution >= 0.6 is 11.3 Å². The maximum atomic E-state index is 2.24. The zero-order valence-electron chi connectivity index (χ0n) is 13.6. The average Bonchev–Trinajstić information content (AvgIpc) is 3.08. The molecule has 5 aromatic rings. The van der Waals surface area contributed by atoms with Crippen molar-refractivity contribution >= 4 is 31.5 Å². The molecule has 0 spiro atoms. The predicted octanol–water partition coefficient (Wildman–Crippen LogP) is 7.39. The third-order valence-corrected chi connectivity index (χ3v) is 5.81. The molecule has 0 aliphatic rings. The minimum absolute atomic E-state index is 1.27. The van der Waals surface area contributed by atoms with E-state index in [1.165, 1.54) is 42.4 Å². The second kappa shape index (κ2) is 5.87. The van der Waals surface area contributed by atoms with E-state index in [1.807, 2.05) is 11.3 Å². The Morgan fingerprint density at radius 1 is 0.400 bits per heavy atom. The predicted molar refractivity (Wildman–Crippen MR) is 110 cm³/mol. The van der Waals surface area contributed by atoms with Crippen molar-refractivity contribution < 1.29 is 0 Å². The lowest BCUT2D eigenvalue weighted by molar-refractivity contribution is 1.66. The molecule has 25 heavy (non-hydrogen) atoms. The Hall–Kier alpha value is -2.90. The van der Waals surface area contributed by atoms with Crippen molar-refractivity contribution in [3.05, 3.63) is 97.1 Å². The number of fused-ring (bicyclic) bond motifs is 3. The molecule has 0 atom stereocenters. The summed E-state index contributed by atoms with van der Waals surface area (Å²) in [7, 11) is 0. The van der Waals surface area contributed by atoms with E-state index in [-0.39, 0.29) is 0 Å². The minimum Gasteiger partial charge on any atom is -0.135 e. The van der Waals surface area contributed by atoms with Gasteiger partial charge in [-0.3, -0.25) is 0 Å². The molecule has 5 rings (SSSR count). The van der Waals surface area contributed by atoms with Gasteiger partial charge in [-0.15, -0.1) is 11.3 Å². The van der Waals surface area contributed by atoms with Crippen molar-refractivity contribution in [1.82, 2.24) is 0 Å². The van der Waals surface area contributed by atoms with E-state index in [9.17, 15) is 0 Å². The molecule has 0 N–H and O–H groups in total. The molecule has 1 heterocycles. The summed E-state index contributed by atoms with van der Waals surface area (Å²) in [6.07, 6.45) is 0. The molecule has 0 nitrogen and oxygen atoms in total. The highest BCUT2D eigenvalue weighted by atomic mass is 32.1. The van der Waals surface area contributed by atoms with Gasteiger partial charge in [0.2, 0.25) is 0 Å². The van der Waals surface area contributed by atoms with Gasteiger partial charge in [-0.25, -0.2) is 0 Å². The molecule has 0 saturated carbocycles. The first-order valence-electron chi connectivity index (χ1n) is 8.47. The number of thiophene rings is 1. The Balaban J connectivity index is 1.93. The minimum atomic E-state index is 1.27. The fraction of sp³-hybridized carbons (Fsp3) is 0. The van der Waals surface area contributed by atoms with E-state index in [2.05, 4.69) is 97.1 Å². The quantitative estimate of drug-likeness (QED) is 0.315. The fourth-order valence-corrected chi connectivity index (χ4v) is 4.74. The van der Waals surface area contributed by atoms with Gasteiger partial charge in [0.05, 0.1) is 0 Å². The Morgan fingerprint density at radius 3 is 1.28 bits per heavy atom. The highest BCUT2D eigenvalue weighted by Gasteiger charge is 2.14. The molecule has 0 radical (unpaired) electrons. The molecule has 1 heteroatoms. The normalized spacial score (nSPS) is 11.2. The summed E-state index contributed by atoms with van der Waals surface area (Å²) in [5.74, 6) is 0. The Morgan fingerprint density at radius 2 is 0.840 bits per heavy atom. The molecule has 0 bridgehead atoms. The lowest BCUT2D eigenvalue weighted by atomic mass is 9.95. The number of rotatable bonds is 2. The van der Waals surface area contributed by atoms with E-state index in [1.54, 1.807) is 0 Å². The van der Waals surface area contributed by atoms with Crippen LogP contribution in [-0.4, -0.2) is 0 Å². The van der Waals surface area contributed by atoms with Crippen molar-refractivity contribution in [2.45, 2.75) is 0 Å². The molecule has 0 aliphatic heterocycles. The van der Waals surface area contributed by atoms with Crippen molar-refractivity contribution in [2.75, 3.05) is 0 Å². The van der Waals surface area contributed by atoms with Crippen LogP contribution in [0.2, 0.25) is 0 Å². The summed E-state index contributed by atoms with van der Waals surface area (Å²) >= 11 is 1.88. The molecule has 0 aliphatic carbocycles. The maximum absolute atomic E-state index is 2.24. The van der Waals surface area contributed by atoms with Gasteiger partial charge < -0.3 is 0 Å². The first kappa shape index (κ1) is 14.4. The van der Waals surface area contributed by atoms with Crippen LogP contribution in [0.15, 0.2) is 97.1 Å². The second-order valence-corrected chi connectivity index (χ2v) is 7.28. The van der Waals surface area contributed by atoms with Crippen molar-refractivity contribution in [1.29, 1.82) is 0 Å². The third-order valence-electron chi connectivity index (χ3n) is 4.69. The van der Waals surface area contributed by atoms with Crippen molar-refractivity contribution in [3.63, 3.8) is 0 Å². The largest absolute Gasteiger partial charge is 0.135 e. The van der Waals surface area contributed by atoms with Crippen LogP contribution in [0.1, 0.15) is 0 Å². The first-order chi connectivity index (χ1) is 12.4. The lowest BCUT2D eigenvalue weighted by Crippen LogP contribution is -1.82. The summed E-state index contributed by atoms with van der Waals surface area (Å²) in [6, 6.07) is 34.7. The Kier molecular flexibility index (Phi) is 3.39. The summed E-state index contributed by atoms with van der Waals surface area (Å²) in [5, 5.41) is 2.74. The number of hydrogen-bond acceptors (Lipinski definition) is 1. The first-order valence-corrected chi connectivity index (χ1v) is 9.28. The SMILES string of the molecule is c1ccc(-c2cccc3sc4cccc(-c5ccccc5)c4c23)cc1. The zero-order valence-corrected chi connectivity index (χ0v) is 14.5. The van der Waals surface area contributed by atoms with Gasteiger partial charge >= 0.3 is 0 Å². The molecular formula is C24H16S. The summed E-state index contributed by atoms with van der Waals surface area (Å²) in [4.78, 5) is 0. The molecule has 0 amide bonds. The third kappa shape index (κ3) is 2.36. The molecule has 0 saturated heterocycles. The lowest BCUT2D eigenvalue weighted by Gasteiger charge is -2.08. The Bertz CT molecular complexity index is 1070. The second-order valence-electron chi connectivity index (χ2n) is 6.19. The maximum Gasteiger partial charge on any atom is 0.0361 e. The highest BCUT2D eigenvalue weighted by Crippen LogP contribution is 2.43. The standard InChI is InChI=1S/C24H16S/c1-3-9-17(10-4-1)19-13-7-15-21-23(19)24-20(14-8-16-22(24)25-21)18-11-5-2-6-12-18/h1-16H. The molecule has 1 aromatic heterocycles. The van der Waals surface area contributed by atoms with Gasteiger partial charge in [0, 0.05) is 20.2 Å². The van der Waals surface area contributed by atoms with Crippen LogP contribution in [0.25, 0.3) is 42.4 Å². The van der Waals surface area contributed by atoms with Crippen molar-refractivity contribution in [3.8, 4) is 22.3 Å². The van der Waals surface area contributed by atoms with Gasteiger partial charge in [-0.05, 0) is 34.4 Å². The van der Waals surface area contributed by atoms with Gasteiger partial charge in [0.25, 0.3) is 0 Å². The van der Waals surface area contributed by atoms with Crippen LogP contribution < -0.4 is 0 Å². The fourth-order valence-electron chi connectivity index (χ4n) is 3.58. The summed E-state index contributed by atoms with van der Waals surface area (Å²) < 4.78 is 2.69. The van der Waals surface area contributed by atoms with E-state index in [0.717, 1.165) is 0 Å². The molecule has 0 fully saturated rings. The van der Waals surface area contributed by atoms with E-state index < -0.39 is 0 Å². The van der Waals surface area contributed by atoms with Crippen LogP contribution in [0, 0.1) is 0 Å². The zero-order chi connectivity index (χ0) is 16.6. The van der Waals surface area contributed by atoms with Gasteiger partial charge in [0.1, 0.15) is 0 Å². The molecule has 4 aromatic carbocycles. The topological polar surface area (TPSA) is 0 Å². The summed E-state index contributed by atoms with van der Waals surface area (Å²) in [6.45, 7) is 0. The van der Waals surface area contributed by atoms with Crippen LogP contribution in [0.3, 0.4) is 0 Å². The highest BCUT2D eigenvalue weighted by molar-refractivity contribution is 7.26. The van der Waals surface area contributed by atoms with Crippen molar-refractivity contribution in [2.24, 2.45) is 0 Å². The van der Waals surface area contributed by atoms with Gasteiger partial charge in [0.15, 0.2) is 0 Å². The van der Waals surface area contributed by atoms with E-state index in [0.29, 0.717) is 0 Å². The Labute approximate surface area is 151 Å². The molecular weight excluding hydrogens is 320 g/mol. The molecule has 0 unspecified atom stereocenters. The molecule has 118 valence electrons.